The number of hydrogen-bond donors (Lipinski definition) is 1. The third-order valence-electron chi connectivity index (χ3n) is 1.44. The molecule has 0 spiro atoms. The van der Waals surface area contributed by atoms with Crippen LogP contribution in [-0.2, 0) is 4.74 Å². The van der Waals surface area contributed by atoms with Gasteiger partial charge in [-0.3, -0.25) is 0 Å². The molecule has 0 saturated carbocycles. The van der Waals surface area contributed by atoms with Gasteiger partial charge in [-0.25, -0.2) is 0 Å². The smallest absolute Gasteiger partial charge is 0.108 e. The Balaban J connectivity index is 2.33. The molecule has 2 atom stereocenters. The fraction of sp³-hybridized carbons (Fsp3) is 1.00. The van der Waals surface area contributed by atoms with Gasteiger partial charge in [0.25, 0.3) is 0 Å². The van der Waals surface area contributed by atoms with Crippen molar-refractivity contribution in [3.05, 3.63) is 0 Å². The Morgan fingerprint density at radius 3 is 2.57 bits per heavy atom. The van der Waals surface area contributed by atoms with E-state index < -0.39 is 0 Å². The third kappa shape index (κ3) is 0.924. The van der Waals surface area contributed by atoms with E-state index in [4.69, 9.17) is 10.5 Å². The predicted molar refractivity (Wildman–Crippen MR) is 27.7 cm³/mol. The zero-order chi connectivity index (χ0) is 5.28. The minimum absolute atomic E-state index is 0.0139. The van der Waals surface area contributed by atoms with Gasteiger partial charge in [0.15, 0.2) is 0 Å². The first kappa shape index (κ1) is 5.06. The molecule has 2 heteroatoms. The lowest BCUT2D eigenvalue weighted by Crippen LogP contribution is -2.23. The molecule has 1 aliphatic heterocycles. The SMILES string of the molecule is CC1CCOC1N. The maximum Gasteiger partial charge on any atom is 0.108 e. The van der Waals surface area contributed by atoms with Gasteiger partial charge < -0.3 is 10.5 Å². The van der Waals surface area contributed by atoms with Gasteiger partial charge >= 0.3 is 0 Å². The number of hydrogen-bond acceptors (Lipinski definition) is 2. The normalized spacial score (nSPS) is 42.0. The van der Waals surface area contributed by atoms with E-state index in [0.29, 0.717) is 5.92 Å². The van der Waals surface area contributed by atoms with E-state index in [-0.39, 0.29) is 6.23 Å². The molecule has 0 amide bonds. The second kappa shape index (κ2) is 1.80. The summed E-state index contributed by atoms with van der Waals surface area (Å²) in [6, 6.07) is 0. The van der Waals surface area contributed by atoms with E-state index >= 15 is 0 Å². The average Bonchev–Trinajstić information content (AvgIpc) is 1.91. The number of ether oxygens (including phenoxy) is 1. The quantitative estimate of drug-likeness (QED) is 0.477. The van der Waals surface area contributed by atoms with E-state index in [9.17, 15) is 0 Å². The van der Waals surface area contributed by atoms with Crippen molar-refractivity contribution in [2.75, 3.05) is 6.61 Å². The van der Waals surface area contributed by atoms with Crippen LogP contribution in [0.3, 0.4) is 0 Å². The van der Waals surface area contributed by atoms with Crippen LogP contribution >= 0.6 is 0 Å². The molecule has 0 aliphatic carbocycles. The van der Waals surface area contributed by atoms with E-state index in [1.807, 2.05) is 0 Å². The second-order valence-electron chi connectivity index (χ2n) is 2.10. The summed E-state index contributed by atoms with van der Waals surface area (Å²) in [5.41, 5.74) is 5.46. The first-order valence-corrected chi connectivity index (χ1v) is 2.68. The standard InChI is InChI=1S/C5H11NO/c1-4-2-3-7-5(4)6/h4-5H,2-3,6H2,1H3. The Morgan fingerprint density at radius 1 is 1.71 bits per heavy atom. The van der Waals surface area contributed by atoms with Crippen molar-refractivity contribution in [1.82, 2.24) is 0 Å². The van der Waals surface area contributed by atoms with Gasteiger partial charge in [-0.05, 0) is 12.3 Å². The van der Waals surface area contributed by atoms with Crippen LogP contribution < -0.4 is 5.73 Å². The van der Waals surface area contributed by atoms with Crippen LogP contribution in [0.15, 0.2) is 0 Å². The molecule has 7 heavy (non-hydrogen) atoms. The molecular weight excluding hydrogens is 90.1 g/mol. The van der Waals surface area contributed by atoms with Crippen molar-refractivity contribution < 1.29 is 4.74 Å². The van der Waals surface area contributed by atoms with Crippen LogP contribution in [0.25, 0.3) is 0 Å². The Kier molecular flexibility index (Phi) is 1.30. The maximum absolute atomic E-state index is 5.46. The highest BCUT2D eigenvalue weighted by molar-refractivity contribution is 4.65. The van der Waals surface area contributed by atoms with Gasteiger partial charge in [-0.15, -0.1) is 0 Å². The Bertz CT molecular complexity index is 57.1. The molecule has 1 saturated heterocycles. The van der Waals surface area contributed by atoms with Crippen LogP contribution in [-0.4, -0.2) is 12.8 Å². The summed E-state index contributed by atoms with van der Waals surface area (Å²) in [7, 11) is 0. The zero-order valence-corrected chi connectivity index (χ0v) is 4.55. The maximum atomic E-state index is 5.46. The van der Waals surface area contributed by atoms with Crippen LogP contribution in [0.2, 0.25) is 0 Å². The van der Waals surface area contributed by atoms with Crippen LogP contribution in [0.4, 0.5) is 0 Å². The molecule has 0 aromatic rings. The highest BCUT2D eigenvalue weighted by Gasteiger charge is 2.18. The van der Waals surface area contributed by atoms with Crippen molar-refractivity contribution in [1.29, 1.82) is 0 Å². The Hall–Kier alpha value is -0.0800. The van der Waals surface area contributed by atoms with Crippen LogP contribution in [0, 0.1) is 5.92 Å². The molecule has 0 aromatic heterocycles. The van der Waals surface area contributed by atoms with Crippen LogP contribution in [0.5, 0.6) is 0 Å². The van der Waals surface area contributed by atoms with Crippen molar-refractivity contribution in [3.63, 3.8) is 0 Å². The molecule has 1 heterocycles. The molecule has 0 aromatic carbocycles. The van der Waals surface area contributed by atoms with E-state index in [2.05, 4.69) is 6.92 Å². The minimum atomic E-state index is 0.0139. The van der Waals surface area contributed by atoms with Gasteiger partial charge in [-0.2, -0.15) is 0 Å². The summed E-state index contributed by atoms with van der Waals surface area (Å²) in [5, 5.41) is 0. The van der Waals surface area contributed by atoms with Crippen molar-refractivity contribution >= 4 is 0 Å². The summed E-state index contributed by atoms with van der Waals surface area (Å²) >= 11 is 0. The van der Waals surface area contributed by atoms with Crippen LogP contribution in [0.1, 0.15) is 13.3 Å². The van der Waals surface area contributed by atoms with E-state index in [1.54, 1.807) is 0 Å². The number of rotatable bonds is 0. The highest BCUT2D eigenvalue weighted by atomic mass is 16.5. The molecule has 2 N–H and O–H groups in total. The summed E-state index contributed by atoms with van der Waals surface area (Å²) in [6.07, 6.45) is 1.14. The highest BCUT2D eigenvalue weighted by Crippen LogP contribution is 2.14. The van der Waals surface area contributed by atoms with E-state index in [0.717, 1.165) is 13.0 Å². The van der Waals surface area contributed by atoms with Gasteiger partial charge in [0.1, 0.15) is 6.23 Å². The topological polar surface area (TPSA) is 35.2 Å². The predicted octanol–water partition coefficient (Wildman–Crippen LogP) is 0.328. The van der Waals surface area contributed by atoms with Gasteiger partial charge in [0.2, 0.25) is 0 Å². The second-order valence-corrected chi connectivity index (χ2v) is 2.10. The van der Waals surface area contributed by atoms with Crippen molar-refractivity contribution in [3.8, 4) is 0 Å². The molecule has 42 valence electrons. The lowest BCUT2D eigenvalue weighted by molar-refractivity contribution is 0.0996. The molecule has 1 rings (SSSR count). The Labute approximate surface area is 43.6 Å². The fourth-order valence-corrected chi connectivity index (χ4v) is 0.719. The minimum Gasteiger partial charge on any atom is -0.363 e. The third-order valence-corrected chi connectivity index (χ3v) is 1.44. The van der Waals surface area contributed by atoms with Crippen molar-refractivity contribution in [2.24, 2.45) is 11.7 Å². The number of nitrogens with two attached hydrogens (primary N) is 1. The van der Waals surface area contributed by atoms with Crippen molar-refractivity contribution in [2.45, 2.75) is 19.6 Å². The molecular formula is C5H11NO. The summed E-state index contributed by atoms with van der Waals surface area (Å²) in [4.78, 5) is 0. The molecule has 2 nitrogen and oxygen atoms in total. The lowest BCUT2D eigenvalue weighted by atomic mass is 10.1. The van der Waals surface area contributed by atoms with E-state index in [1.165, 1.54) is 0 Å². The molecule has 1 fully saturated rings. The molecule has 0 radical (unpaired) electrons. The Morgan fingerprint density at radius 2 is 2.43 bits per heavy atom. The van der Waals surface area contributed by atoms with Gasteiger partial charge in [0, 0.05) is 6.61 Å². The average molecular weight is 101 g/mol. The molecule has 1 aliphatic rings. The first-order valence-electron chi connectivity index (χ1n) is 2.68. The summed E-state index contributed by atoms with van der Waals surface area (Å²) in [6.45, 7) is 2.96. The van der Waals surface area contributed by atoms with Gasteiger partial charge in [-0.1, -0.05) is 6.92 Å². The summed E-state index contributed by atoms with van der Waals surface area (Å²) < 4.78 is 5.04. The lowest BCUT2D eigenvalue weighted by Gasteiger charge is -2.04. The monoisotopic (exact) mass is 101 g/mol. The summed E-state index contributed by atoms with van der Waals surface area (Å²) in [5.74, 6) is 0.569. The zero-order valence-electron chi connectivity index (χ0n) is 4.55. The van der Waals surface area contributed by atoms with Gasteiger partial charge in [0.05, 0.1) is 0 Å². The fourth-order valence-electron chi connectivity index (χ4n) is 0.719. The molecule has 0 bridgehead atoms. The first-order chi connectivity index (χ1) is 3.30. The largest absolute Gasteiger partial charge is 0.363 e. The molecule has 2 unspecified atom stereocenters.